The minimum atomic E-state index is -3.36. The van der Waals surface area contributed by atoms with E-state index in [0.29, 0.717) is 0 Å². The summed E-state index contributed by atoms with van der Waals surface area (Å²) in [6.07, 6.45) is 19.8. The molecule has 7 nitrogen and oxygen atoms in total. The maximum atomic E-state index is 16.2. The van der Waals surface area contributed by atoms with Crippen LogP contribution in [0.1, 0.15) is 165 Å². The van der Waals surface area contributed by atoms with Crippen molar-refractivity contribution in [2.24, 2.45) is 0 Å². The smallest absolute Gasteiger partial charge is 0.134 e. The van der Waals surface area contributed by atoms with Gasteiger partial charge in [0.2, 0.25) is 0 Å². The topological polar surface area (TPSA) is 94.8 Å². The molecule has 24 rings (SSSR count). The third-order valence-electron chi connectivity index (χ3n) is 30.8. The number of para-hydroxylation sites is 3. The average molecular weight is 2500 g/mol. The fourth-order valence-electron chi connectivity index (χ4n) is 23.1. The maximum absolute atomic E-state index is 16.2. The average Bonchev–Trinajstić information content (AvgIpc) is 1.58. The van der Waals surface area contributed by atoms with E-state index in [9.17, 15) is 4.57 Å². The molecule has 735 valence electrons. The molecule has 3 aliphatic rings. The molecule has 0 spiro atoms. The summed E-state index contributed by atoms with van der Waals surface area (Å²) in [6, 6.07) is 154. The van der Waals surface area contributed by atoms with Gasteiger partial charge in [-0.3, -0.25) is 9.97 Å². The number of hydrogen-bond donors (Lipinski definition) is 0. The summed E-state index contributed by atoms with van der Waals surface area (Å²) in [7, 11) is -9.69. The van der Waals surface area contributed by atoms with Crippen molar-refractivity contribution in [2.75, 3.05) is 0 Å². The van der Waals surface area contributed by atoms with E-state index in [1.54, 1.807) is 0 Å². The van der Waals surface area contributed by atoms with Gasteiger partial charge in [-0.15, -0.1) is 89.5 Å². The molecule has 147 heavy (non-hydrogen) atoms. The summed E-state index contributed by atoms with van der Waals surface area (Å²) < 4.78 is 49.2. The number of hydrogen-bond acceptors (Lipinski definition) is 6. The van der Waals surface area contributed by atoms with Crippen LogP contribution in [-0.2, 0) is 90.3 Å². The summed E-state index contributed by atoms with van der Waals surface area (Å²) in [5.41, 5.74) is 25.9. The molecule has 0 fully saturated rings. The second-order valence-electron chi connectivity index (χ2n) is 40.2. The van der Waals surface area contributed by atoms with Gasteiger partial charge in [-0.2, -0.15) is 0 Å². The van der Waals surface area contributed by atoms with E-state index in [2.05, 4.69) is 277 Å². The van der Waals surface area contributed by atoms with Crippen LogP contribution in [0.2, 0.25) is 0 Å². The third kappa shape index (κ3) is 19.3. The number of unbranched alkanes of at least 4 members (excludes halogenated alkanes) is 10. The Hall–Kier alpha value is -12.6. The Kier molecular flexibility index (Phi) is 30.9. The Balaban J connectivity index is 0.000000147. The number of pyridine rings is 3. The first-order valence-electron chi connectivity index (χ1n) is 51.4. The SMILES string of the molecule is CC1(C)c2ccccc2-c2ccc(P(=O)(c3c[c-]c(-c4cc5ccccc5cn4)cc3)c3ccc4c(c3)C(C)(C)c3ccccc3-4)cc21.CCCCCCCCC1(CCCCCCCC)c2ccccc2-c2cc3c4ccccc4n(-c4cccc(P(=O)(c5c[c-]c(-c6ccc7ccccc7n6)cc5)c5ccccc5)c4)c3cc21.O=P(c1c[c-]c(-c2ccc3ccccc3n2)cc1)(c1ccccc1)c1ccccc1.[Ir].[Ir].[Ir]. The zero-order valence-electron chi connectivity index (χ0n) is 83.7. The Labute approximate surface area is 905 Å². The largest absolute Gasteiger partial charge is 0.319 e. The predicted octanol–water partition coefficient (Wildman–Crippen LogP) is 31.5. The van der Waals surface area contributed by atoms with Crippen LogP contribution in [0.4, 0.5) is 0 Å². The Bertz CT molecular complexity index is 8370. The quantitative estimate of drug-likeness (QED) is 0.0289. The molecule has 0 amide bonds. The normalized spacial score (nSPS) is 13.5. The van der Waals surface area contributed by atoms with Crippen molar-refractivity contribution in [1.82, 2.24) is 19.5 Å². The van der Waals surface area contributed by atoms with Crippen molar-refractivity contribution in [3.8, 4) is 72.8 Å². The number of rotatable bonds is 27. The zero-order valence-corrected chi connectivity index (χ0v) is 93.5. The molecular formula is C134H116Ir3N4O3P3-3. The number of benzene rings is 17. The van der Waals surface area contributed by atoms with Crippen molar-refractivity contribution in [3.05, 3.63) is 476 Å². The molecule has 0 saturated carbocycles. The van der Waals surface area contributed by atoms with Crippen LogP contribution in [0.25, 0.3) is 127 Å². The molecule has 3 aliphatic carbocycles. The Morgan fingerprint density at radius 3 is 1.14 bits per heavy atom. The van der Waals surface area contributed by atoms with Crippen LogP contribution in [0.5, 0.6) is 0 Å². The molecule has 4 heterocycles. The van der Waals surface area contributed by atoms with Gasteiger partial charge in [0.25, 0.3) is 0 Å². The molecule has 0 aliphatic heterocycles. The van der Waals surface area contributed by atoms with Crippen LogP contribution < -0.4 is 47.7 Å². The molecule has 4 aromatic heterocycles. The van der Waals surface area contributed by atoms with Gasteiger partial charge in [-0.1, -0.05) is 444 Å². The summed E-state index contributed by atoms with van der Waals surface area (Å²) >= 11 is 0. The summed E-state index contributed by atoms with van der Waals surface area (Å²) in [5, 5.41) is 14.2. The van der Waals surface area contributed by atoms with Crippen molar-refractivity contribution >= 4 is 124 Å². The maximum Gasteiger partial charge on any atom is 0.134 e. The van der Waals surface area contributed by atoms with Gasteiger partial charge < -0.3 is 23.2 Å². The summed E-state index contributed by atoms with van der Waals surface area (Å²) in [5.74, 6) is 0. The van der Waals surface area contributed by atoms with E-state index >= 15 is 9.13 Å². The molecule has 0 bridgehead atoms. The van der Waals surface area contributed by atoms with Gasteiger partial charge in [0.1, 0.15) is 21.4 Å². The fourth-order valence-corrected chi connectivity index (χ4v) is 31.0. The molecule has 0 N–H and O–H groups in total. The van der Waals surface area contributed by atoms with Gasteiger partial charge >= 0.3 is 0 Å². The van der Waals surface area contributed by atoms with Crippen LogP contribution in [0, 0.1) is 18.2 Å². The predicted molar refractivity (Wildman–Crippen MR) is 608 cm³/mol. The third-order valence-corrected chi connectivity index (χ3v) is 39.9. The summed E-state index contributed by atoms with van der Waals surface area (Å²) in [4.78, 5) is 14.4. The van der Waals surface area contributed by atoms with E-state index < -0.39 is 21.4 Å². The number of aromatic nitrogens is 4. The molecule has 17 aromatic carbocycles. The van der Waals surface area contributed by atoms with Gasteiger partial charge in [0.05, 0.1) is 22.1 Å². The minimum absolute atomic E-state index is 0. The van der Waals surface area contributed by atoms with Crippen LogP contribution >= 0.6 is 21.4 Å². The van der Waals surface area contributed by atoms with Crippen LogP contribution in [0.15, 0.2) is 425 Å². The molecule has 13 heteroatoms. The van der Waals surface area contributed by atoms with E-state index in [1.165, 1.54) is 173 Å². The van der Waals surface area contributed by atoms with Crippen molar-refractivity contribution in [1.29, 1.82) is 0 Å². The van der Waals surface area contributed by atoms with E-state index in [-0.39, 0.29) is 76.6 Å². The summed E-state index contributed by atoms with van der Waals surface area (Å²) in [6.45, 7) is 13.7. The Morgan fingerprint density at radius 1 is 0.265 bits per heavy atom. The van der Waals surface area contributed by atoms with Gasteiger partial charge in [0.15, 0.2) is 0 Å². The second-order valence-corrected chi connectivity index (χ2v) is 48.5. The fraction of sp³-hybridized carbons (Fsp3) is 0.172. The first-order chi connectivity index (χ1) is 70.4. The molecule has 3 radical (unpaired) electrons. The molecule has 0 saturated heterocycles. The van der Waals surface area contributed by atoms with Crippen LogP contribution in [0.3, 0.4) is 0 Å². The van der Waals surface area contributed by atoms with Gasteiger partial charge in [-0.05, 0) is 173 Å². The van der Waals surface area contributed by atoms with E-state index in [4.69, 9.17) is 15.0 Å². The van der Waals surface area contributed by atoms with Gasteiger partial charge in [-0.25, -0.2) is 0 Å². The number of fused-ring (bicyclic) bond motifs is 15. The van der Waals surface area contributed by atoms with E-state index in [0.717, 1.165) is 125 Å². The van der Waals surface area contributed by atoms with E-state index in [1.807, 2.05) is 212 Å². The minimum Gasteiger partial charge on any atom is -0.319 e. The second kappa shape index (κ2) is 44.1. The van der Waals surface area contributed by atoms with Crippen molar-refractivity contribution < 1.29 is 74.0 Å². The van der Waals surface area contributed by atoms with Gasteiger partial charge in [0, 0.05) is 131 Å². The standard InChI is InChI=1S/C62H62N2OP.C45H35NOP.C27H19NOP.3Ir/c1-3-5-7-9-11-22-41-62(42-23-12-10-8-6-4-2)56-32-19-17-30-52(56)54-44-55-53-31-18-21-34-60(53)64(61(55)45-57(54)62)48-26-24-29-51(43-48)66(65,49-27-14-13-15-28-49)50-38-35-47(36-39-50)59-40-37-46-25-16-20-33-58(46)63-59;1-44(2)39-15-9-7-13-35(39)37-23-21-33(26-41(37)44)48(47,34-22-24-38-36-14-8-10-16-40(36)45(3,4)42(38)27-34)32-19-17-29(18-20-32)43-25-30-11-5-6-12-31(30)28-46-43;29-30(23-10-3-1-4-11-23,24-12-5-2-6-13-24)25-18-15-22(16-19-25)27-20-17-21-9-7-8-14-26(21)28-27;;;/h13-21,24-35,37-40,43-45H,3-12,22-23,41-42H2,1-2H3;5-17,19-28H,1-4H3;1-15,17-20H;;;/q3*-1;;;. The van der Waals surface area contributed by atoms with Crippen molar-refractivity contribution in [2.45, 2.75) is 148 Å². The number of nitrogens with zero attached hydrogens (tertiary/aromatic N) is 4. The van der Waals surface area contributed by atoms with Crippen LogP contribution in [-0.4, -0.2) is 19.5 Å². The van der Waals surface area contributed by atoms with Crippen molar-refractivity contribution in [3.63, 3.8) is 0 Å². The monoisotopic (exact) mass is 2500 g/mol. The molecule has 21 aromatic rings. The zero-order chi connectivity index (χ0) is 98.2. The molecule has 1 unspecified atom stereocenters. The Morgan fingerprint density at radius 2 is 0.646 bits per heavy atom. The molecular weight excluding hydrogens is 2380 g/mol. The first-order valence-corrected chi connectivity index (χ1v) is 56.5. The molecule has 1 atom stereocenters. The first kappa shape index (κ1) is 103.